The number of nitrogens with two attached hydrogens (primary N) is 2. The number of aromatic nitrogens is 1. The number of fused-ring (bicyclic) bond motifs is 1. The number of carbonyl (C=O) groups is 2. The van der Waals surface area contributed by atoms with Crippen LogP contribution in [0.15, 0.2) is 12.6 Å². The van der Waals surface area contributed by atoms with Crippen LogP contribution < -0.4 is 21.5 Å². The lowest BCUT2D eigenvalue weighted by Gasteiger charge is -2.07. The molecular weight excluding hydrogens is 279 g/mol. The van der Waals surface area contributed by atoms with E-state index in [0.29, 0.717) is 5.56 Å². The number of primary amides is 2. The van der Waals surface area contributed by atoms with Crippen LogP contribution in [0.4, 0.5) is 15.0 Å². The standard InChI is InChI=1S/C13H13FN4O3/c1-3-5-4-6(14)7-8(11(15)19)12(18-13(16)20)17-9(7)10(5)21-2/h3-4,17H,1H2,2H3,(H2,15,19)(H3,16,18,20). The number of ether oxygens (including phenoxy) is 1. The normalized spacial score (nSPS) is 10.4. The number of hydrogen-bond acceptors (Lipinski definition) is 3. The molecule has 6 N–H and O–H groups in total. The molecule has 0 aliphatic carbocycles. The molecule has 1 aromatic heterocycles. The van der Waals surface area contributed by atoms with Gasteiger partial charge in [-0.05, 0) is 6.07 Å². The Labute approximate surface area is 118 Å². The molecule has 0 radical (unpaired) electrons. The molecule has 0 unspecified atom stereocenters. The number of benzene rings is 1. The third kappa shape index (κ3) is 2.27. The zero-order chi connectivity index (χ0) is 15.7. The van der Waals surface area contributed by atoms with Crippen molar-refractivity contribution in [3.8, 4) is 5.75 Å². The highest BCUT2D eigenvalue weighted by atomic mass is 19.1. The highest BCUT2D eigenvalue weighted by Crippen LogP contribution is 2.37. The molecule has 0 fully saturated rings. The summed E-state index contributed by atoms with van der Waals surface area (Å²) in [5.74, 6) is -1.45. The third-order valence-electron chi connectivity index (χ3n) is 2.93. The van der Waals surface area contributed by atoms with Gasteiger partial charge in [0, 0.05) is 5.56 Å². The van der Waals surface area contributed by atoms with Crippen molar-refractivity contribution >= 4 is 34.7 Å². The molecule has 7 nitrogen and oxygen atoms in total. The molecule has 1 aromatic carbocycles. The van der Waals surface area contributed by atoms with Crippen molar-refractivity contribution < 1.29 is 18.7 Å². The van der Waals surface area contributed by atoms with Gasteiger partial charge in [-0.15, -0.1) is 0 Å². The first-order valence-electron chi connectivity index (χ1n) is 5.81. The van der Waals surface area contributed by atoms with Gasteiger partial charge in [0.15, 0.2) is 0 Å². The second kappa shape index (κ2) is 5.16. The van der Waals surface area contributed by atoms with Crippen LogP contribution in [0.25, 0.3) is 17.0 Å². The molecule has 8 heteroatoms. The zero-order valence-corrected chi connectivity index (χ0v) is 11.1. The number of methoxy groups -OCH3 is 1. The average Bonchev–Trinajstić information content (AvgIpc) is 2.77. The summed E-state index contributed by atoms with van der Waals surface area (Å²) in [6.07, 6.45) is 1.40. The van der Waals surface area contributed by atoms with Crippen molar-refractivity contribution in [3.05, 3.63) is 29.6 Å². The fraction of sp³-hybridized carbons (Fsp3) is 0.0769. The Morgan fingerprint density at radius 2 is 2.14 bits per heavy atom. The second-order valence-electron chi connectivity index (χ2n) is 4.16. The maximum Gasteiger partial charge on any atom is 0.317 e. The minimum Gasteiger partial charge on any atom is -0.494 e. The Hall–Kier alpha value is -3.03. The van der Waals surface area contributed by atoms with Gasteiger partial charge in [0.1, 0.15) is 17.4 Å². The van der Waals surface area contributed by atoms with Crippen LogP contribution in [0.5, 0.6) is 5.75 Å². The molecule has 0 aliphatic rings. The first kappa shape index (κ1) is 14.4. The molecule has 2 aromatic rings. The Bertz CT molecular complexity index is 767. The Kier molecular flexibility index (Phi) is 3.53. The Balaban J connectivity index is 2.92. The van der Waals surface area contributed by atoms with Crippen LogP contribution in [-0.4, -0.2) is 24.0 Å². The predicted molar refractivity (Wildman–Crippen MR) is 76.6 cm³/mol. The van der Waals surface area contributed by atoms with Gasteiger partial charge in [-0.1, -0.05) is 12.7 Å². The number of rotatable bonds is 4. The SMILES string of the molecule is C=Cc1cc(F)c2c(C(N)=O)c(NC(N)=O)[nH]c2c1OC. The molecule has 0 aliphatic heterocycles. The van der Waals surface area contributed by atoms with E-state index >= 15 is 0 Å². The van der Waals surface area contributed by atoms with E-state index in [4.69, 9.17) is 16.2 Å². The number of H-pyrrole nitrogens is 1. The maximum atomic E-state index is 14.2. The number of halogens is 1. The summed E-state index contributed by atoms with van der Waals surface area (Å²) in [4.78, 5) is 25.2. The lowest BCUT2D eigenvalue weighted by molar-refractivity contribution is 0.100. The van der Waals surface area contributed by atoms with Crippen molar-refractivity contribution in [2.45, 2.75) is 0 Å². The number of urea groups is 1. The molecule has 0 saturated heterocycles. The predicted octanol–water partition coefficient (Wildman–Crippen LogP) is 1.55. The van der Waals surface area contributed by atoms with Gasteiger partial charge in [-0.2, -0.15) is 0 Å². The molecule has 0 atom stereocenters. The summed E-state index contributed by atoms with van der Waals surface area (Å²) in [6.45, 7) is 3.56. The summed E-state index contributed by atoms with van der Waals surface area (Å²) >= 11 is 0. The summed E-state index contributed by atoms with van der Waals surface area (Å²) in [7, 11) is 1.38. The van der Waals surface area contributed by atoms with Gasteiger partial charge in [-0.3, -0.25) is 10.1 Å². The van der Waals surface area contributed by atoms with Gasteiger partial charge in [0.05, 0.1) is 23.6 Å². The number of amides is 3. The van der Waals surface area contributed by atoms with Crippen LogP contribution in [0.2, 0.25) is 0 Å². The zero-order valence-electron chi connectivity index (χ0n) is 11.1. The summed E-state index contributed by atoms with van der Waals surface area (Å²) in [5, 5.41) is 2.11. The van der Waals surface area contributed by atoms with Gasteiger partial charge < -0.3 is 21.2 Å². The largest absolute Gasteiger partial charge is 0.494 e. The number of anilines is 1. The quantitative estimate of drug-likeness (QED) is 0.683. The molecule has 0 bridgehead atoms. The lowest BCUT2D eigenvalue weighted by Crippen LogP contribution is -2.22. The van der Waals surface area contributed by atoms with Crippen molar-refractivity contribution in [3.63, 3.8) is 0 Å². The van der Waals surface area contributed by atoms with Gasteiger partial charge in [0.25, 0.3) is 5.91 Å². The molecule has 3 amide bonds. The number of aromatic amines is 1. The van der Waals surface area contributed by atoms with Crippen molar-refractivity contribution in [1.82, 2.24) is 4.98 Å². The molecule has 110 valence electrons. The molecule has 0 spiro atoms. The Morgan fingerprint density at radius 3 is 2.62 bits per heavy atom. The van der Waals surface area contributed by atoms with E-state index in [0.717, 1.165) is 6.07 Å². The smallest absolute Gasteiger partial charge is 0.317 e. The fourth-order valence-electron chi connectivity index (χ4n) is 2.16. The number of hydrogen-bond donors (Lipinski definition) is 4. The topological polar surface area (TPSA) is 123 Å². The van der Waals surface area contributed by atoms with E-state index in [1.165, 1.54) is 13.2 Å². The summed E-state index contributed by atoms with van der Waals surface area (Å²) in [5.41, 5.74) is 10.6. The van der Waals surface area contributed by atoms with Crippen LogP contribution in [0, 0.1) is 5.82 Å². The van der Waals surface area contributed by atoms with Gasteiger partial charge in [0.2, 0.25) is 0 Å². The van der Waals surface area contributed by atoms with Crippen molar-refractivity contribution in [2.24, 2.45) is 11.5 Å². The average molecular weight is 292 g/mol. The highest BCUT2D eigenvalue weighted by molar-refractivity contribution is 6.14. The monoisotopic (exact) mass is 292 g/mol. The van der Waals surface area contributed by atoms with Crippen LogP contribution >= 0.6 is 0 Å². The Morgan fingerprint density at radius 1 is 1.48 bits per heavy atom. The van der Waals surface area contributed by atoms with Crippen LogP contribution in [0.1, 0.15) is 15.9 Å². The van der Waals surface area contributed by atoms with E-state index in [-0.39, 0.29) is 28.0 Å². The van der Waals surface area contributed by atoms with Crippen LogP contribution in [0.3, 0.4) is 0 Å². The summed E-state index contributed by atoms with van der Waals surface area (Å²) < 4.78 is 19.4. The molecular formula is C13H13FN4O3. The summed E-state index contributed by atoms with van der Waals surface area (Å²) in [6, 6.07) is 0.232. The minimum atomic E-state index is -0.924. The van der Waals surface area contributed by atoms with E-state index < -0.39 is 17.8 Å². The minimum absolute atomic E-state index is 0.0892. The number of nitrogens with one attached hydrogen (secondary N) is 2. The molecule has 2 rings (SSSR count). The third-order valence-corrected chi connectivity index (χ3v) is 2.93. The second-order valence-corrected chi connectivity index (χ2v) is 4.16. The highest BCUT2D eigenvalue weighted by Gasteiger charge is 2.24. The van der Waals surface area contributed by atoms with Gasteiger partial charge >= 0.3 is 6.03 Å². The van der Waals surface area contributed by atoms with Crippen molar-refractivity contribution in [1.29, 1.82) is 0 Å². The first-order chi connectivity index (χ1) is 9.90. The van der Waals surface area contributed by atoms with Crippen LogP contribution in [-0.2, 0) is 0 Å². The number of carbonyl (C=O) groups excluding carboxylic acids is 2. The van der Waals surface area contributed by atoms with Crippen molar-refractivity contribution in [2.75, 3.05) is 12.4 Å². The lowest BCUT2D eigenvalue weighted by atomic mass is 10.1. The fourth-order valence-corrected chi connectivity index (χ4v) is 2.16. The first-order valence-corrected chi connectivity index (χ1v) is 5.81. The van der Waals surface area contributed by atoms with E-state index in [1.54, 1.807) is 0 Å². The maximum absolute atomic E-state index is 14.2. The molecule has 21 heavy (non-hydrogen) atoms. The van der Waals surface area contributed by atoms with Gasteiger partial charge in [-0.25, -0.2) is 9.18 Å². The van der Waals surface area contributed by atoms with E-state index in [1.807, 2.05) is 0 Å². The van der Waals surface area contributed by atoms with E-state index in [2.05, 4.69) is 16.9 Å². The van der Waals surface area contributed by atoms with E-state index in [9.17, 15) is 14.0 Å². The molecule has 1 heterocycles. The molecule has 0 saturated carbocycles.